The SMILES string of the molecule is COc1ccc(COc2c(C)cc(CO)cc2C)cc1. The van der Waals surface area contributed by atoms with E-state index in [0.717, 1.165) is 33.8 Å². The van der Waals surface area contributed by atoms with Crippen molar-refractivity contribution < 1.29 is 14.6 Å². The third-order valence-electron chi connectivity index (χ3n) is 3.24. The molecule has 0 bridgehead atoms. The Kier molecular flexibility index (Phi) is 4.64. The Bertz CT molecular complexity index is 550. The van der Waals surface area contributed by atoms with Gasteiger partial charge in [-0.25, -0.2) is 0 Å². The summed E-state index contributed by atoms with van der Waals surface area (Å²) in [5.74, 6) is 1.73. The molecule has 106 valence electrons. The smallest absolute Gasteiger partial charge is 0.125 e. The number of aliphatic hydroxyl groups excluding tert-OH is 1. The van der Waals surface area contributed by atoms with Gasteiger partial charge in [0.05, 0.1) is 13.7 Å². The fraction of sp³-hybridized carbons (Fsp3) is 0.294. The number of methoxy groups -OCH3 is 1. The minimum Gasteiger partial charge on any atom is -0.497 e. The summed E-state index contributed by atoms with van der Waals surface area (Å²) >= 11 is 0. The molecule has 0 fully saturated rings. The Morgan fingerprint density at radius 1 is 0.950 bits per heavy atom. The van der Waals surface area contributed by atoms with Crippen LogP contribution in [0.1, 0.15) is 22.3 Å². The maximum absolute atomic E-state index is 9.18. The maximum Gasteiger partial charge on any atom is 0.125 e. The molecular formula is C17H20O3. The summed E-state index contributed by atoms with van der Waals surface area (Å²) in [4.78, 5) is 0. The van der Waals surface area contributed by atoms with Crippen molar-refractivity contribution in [1.29, 1.82) is 0 Å². The van der Waals surface area contributed by atoms with Crippen molar-refractivity contribution in [2.45, 2.75) is 27.1 Å². The van der Waals surface area contributed by atoms with Gasteiger partial charge in [0.1, 0.15) is 18.1 Å². The van der Waals surface area contributed by atoms with Crippen molar-refractivity contribution in [3.05, 3.63) is 58.7 Å². The van der Waals surface area contributed by atoms with E-state index in [1.165, 1.54) is 0 Å². The third kappa shape index (κ3) is 3.31. The van der Waals surface area contributed by atoms with Gasteiger partial charge in [0.25, 0.3) is 0 Å². The van der Waals surface area contributed by atoms with Crippen LogP contribution in [0.2, 0.25) is 0 Å². The Labute approximate surface area is 119 Å². The number of aryl methyl sites for hydroxylation is 2. The zero-order chi connectivity index (χ0) is 14.5. The molecule has 0 aliphatic carbocycles. The van der Waals surface area contributed by atoms with Crippen molar-refractivity contribution in [3.8, 4) is 11.5 Å². The summed E-state index contributed by atoms with van der Waals surface area (Å²) in [5.41, 5.74) is 4.10. The van der Waals surface area contributed by atoms with E-state index >= 15 is 0 Å². The first-order valence-electron chi connectivity index (χ1n) is 6.60. The Morgan fingerprint density at radius 2 is 1.55 bits per heavy atom. The normalized spacial score (nSPS) is 10.4. The number of hydrogen-bond acceptors (Lipinski definition) is 3. The first-order valence-corrected chi connectivity index (χ1v) is 6.60. The van der Waals surface area contributed by atoms with Crippen LogP contribution in [-0.2, 0) is 13.2 Å². The maximum atomic E-state index is 9.18. The molecule has 20 heavy (non-hydrogen) atoms. The topological polar surface area (TPSA) is 38.7 Å². The summed E-state index contributed by atoms with van der Waals surface area (Å²) in [6, 6.07) is 11.7. The molecule has 0 amide bonds. The average molecular weight is 272 g/mol. The number of aliphatic hydroxyl groups is 1. The summed E-state index contributed by atoms with van der Waals surface area (Å²) in [6.07, 6.45) is 0. The van der Waals surface area contributed by atoms with Gasteiger partial charge in [0.15, 0.2) is 0 Å². The van der Waals surface area contributed by atoms with Crippen molar-refractivity contribution in [2.24, 2.45) is 0 Å². The standard InChI is InChI=1S/C17H20O3/c1-12-8-15(10-18)9-13(2)17(12)20-11-14-4-6-16(19-3)7-5-14/h4-9,18H,10-11H2,1-3H3. The molecule has 0 aliphatic rings. The molecule has 2 aromatic rings. The Morgan fingerprint density at radius 3 is 2.05 bits per heavy atom. The number of rotatable bonds is 5. The summed E-state index contributed by atoms with van der Waals surface area (Å²) in [7, 11) is 1.65. The highest BCUT2D eigenvalue weighted by Crippen LogP contribution is 2.26. The molecule has 1 N–H and O–H groups in total. The lowest BCUT2D eigenvalue weighted by molar-refractivity contribution is 0.280. The third-order valence-corrected chi connectivity index (χ3v) is 3.24. The van der Waals surface area contributed by atoms with Gasteiger partial charge in [-0.15, -0.1) is 0 Å². The van der Waals surface area contributed by atoms with Crippen LogP contribution >= 0.6 is 0 Å². The zero-order valence-corrected chi connectivity index (χ0v) is 12.1. The van der Waals surface area contributed by atoms with Gasteiger partial charge in [0, 0.05) is 0 Å². The fourth-order valence-electron chi connectivity index (χ4n) is 2.24. The average Bonchev–Trinajstić information content (AvgIpc) is 2.46. The molecule has 0 radical (unpaired) electrons. The molecule has 0 unspecified atom stereocenters. The molecule has 3 nitrogen and oxygen atoms in total. The Hall–Kier alpha value is -2.00. The van der Waals surface area contributed by atoms with Gasteiger partial charge in [-0.1, -0.05) is 24.3 Å². The molecule has 0 aromatic heterocycles. The molecule has 3 heteroatoms. The fourth-order valence-corrected chi connectivity index (χ4v) is 2.24. The second-order valence-corrected chi connectivity index (χ2v) is 4.85. The molecule has 0 atom stereocenters. The molecular weight excluding hydrogens is 252 g/mol. The zero-order valence-electron chi connectivity index (χ0n) is 12.1. The quantitative estimate of drug-likeness (QED) is 0.906. The molecule has 0 spiro atoms. The lowest BCUT2D eigenvalue weighted by Crippen LogP contribution is -2.00. The molecule has 0 saturated carbocycles. The van der Waals surface area contributed by atoms with E-state index in [9.17, 15) is 5.11 Å². The van der Waals surface area contributed by atoms with Crippen molar-refractivity contribution in [3.63, 3.8) is 0 Å². The number of hydrogen-bond donors (Lipinski definition) is 1. The minimum atomic E-state index is 0.0560. The van der Waals surface area contributed by atoms with Crippen LogP contribution in [0.25, 0.3) is 0 Å². The van der Waals surface area contributed by atoms with E-state index in [1.54, 1.807) is 7.11 Å². The second-order valence-electron chi connectivity index (χ2n) is 4.85. The highest BCUT2D eigenvalue weighted by molar-refractivity contribution is 5.43. The largest absolute Gasteiger partial charge is 0.497 e. The van der Waals surface area contributed by atoms with Crippen molar-refractivity contribution >= 4 is 0 Å². The highest BCUT2D eigenvalue weighted by atomic mass is 16.5. The molecule has 2 rings (SSSR count). The molecule has 2 aromatic carbocycles. The van der Waals surface area contributed by atoms with Crippen molar-refractivity contribution in [2.75, 3.05) is 7.11 Å². The van der Waals surface area contributed by atoms with Gasteiger partial charge in [-0.2, -0.15) is 0 Å². The predicted octanol–water partition coefficient (Wildman–Crippen LogP) is 3.38. The minimum absolute atomic E-state index is 0.0560. The molecule has 0 aliphatic heterocycles. The Balaban J connectivity index is 2.10. The second kappa shape index (κ2) is 6.44. The van der Waals surface area contributed by atoms with Crippen LogP contribution < -0.4 is 9.47 Å². The monoisotopic (exact) mass is 272 g/mol. The van der Waals surface area contributed by atoms with E-state index in [0.29, 0.717) is 6.61 Å². The van der Waals surface area contributed by atoms with E-state index in [-0.39, 0.29) is 6.61 Å². The number of ether oxygens (including phenoxy) is 2. The van der Waals surface area contributed by atoms with Crippen molar-refractivity contribution in [1.82, 2.24) is 0 Å². The van der Waals surface area contributed by atoms with Gasteiger partial charge in [-0.05, 0) is 48.2 Å². The lowest BCUT2D eigenvalue weighted by atomic mass is 10.1. The van der Waals surface area contributed by atoms with Gasteiger partial charge >= 0.3 is 0 Å². The predicted molar refractivity (Wildman–Crippen MR) is 79.2 cm³/mol. The first-order chi connectivity index (χ1) is 9.63. The molecule has 0 heterocycles. The summed E-state index contributed by atoms with van der Waals surface area (Å²) in [5, 5.41) is 9.18. The van der Waals surface area contributed by atoms with E-state index < -0.39 is 0 Å². The summed E-state index contributed by atoms with van der Waals surface area (Å²) in [6.45, 7) is 4.57. The molecule has 0 saturated heterocycles. The van der Waals surface area contributed by atoms with E-state index in [1.807, 2.05) is 50.2 Å². The van der Waals surface area contributed by atoms with E-state index in [4.69, 9.17) is 9.47 Å². The van der Waals surface area contributed by atoms with Crippen LogP contribution in [0.5, 0.6) is 11.5 Å². The van der Waals surface area contributed by atoms with Gasteiger partial charge < -0.3 is 14.6 Å². The first kappa shape index (κ1) is 14.4. The van der Waals surface area contributed by atoms with Crippen LogP contribution in [0.3, 0.4) is 0 Å². The summed E-state index contributed by atoms with van der Waals surface area (Å²) < 4.78 is 11.0. The lowest BCUT2D eigenvalue weighted by Gasteiger charge is -2.14. The van der Waals surface area contributed by atoms with Gasteiger partial charge in [0.2, 0.25) is 0 Å². The van der Waals surface area contributed by atoms with Crippen LogP contribution in [-0.4, -0.2) is 12.2 Å². The van der Waals surface area contributed by atoms with Crippen LogP contribution in [0.15, 0.2) is 36.4 Å². The van der Waals surface area contributed by atoms with Gasteiger partial charge in [-0.3, -0.25) is 0 Å². The highest BCUT2D eigenvalue weighted by Gasteiger charge is 2.06. The number of benzene rings is 2. The van der Waals surface area contributed by atoms with E-state index in [2.05, 4.69) is 0 Å². The van der Waals surface area contributed by atoms with Crippen LogP contribution in [0, 0.1) is 13.8 Å². The van der Waals surface area contributed by atoms with Crippen LogP contribution in [0.4, 0.5) is 0 Å².